The second kappa shape index (κ2) is 9.49. The number of nitrogens with zero attached hydrogens (tertiary/aromatic N) is 1. The molecule has 5 rings (SSSR count). The summed E-state index contributed by atoms with van der Waals surface area (Å²) >= 11 is 0. The average Bonchev–Trinajstić information content (AvgIpc) is 3.65. The lowest BCUT2D eigenvalue weighted by Gasteiger charge is -2.13. The van der Waals surface area contributed by atoms with Crippen molar-refractivity contribution in [1.29, 1.82) is 0 Å². The summed E-state index contributed by atoms with van der Waals surface area (Å²) < 4.78 is 39.2. The van der Waals surface area contributed by atoms with Crippen molar-refractivity contribution in [3.63, 3.8) is 0 Å². The Bertz CT molecular complexity index is 1280. The van der Waals surface area contributed by atoms with Gasteiger partial charge in [0.15, 0.2) is 0 Å². The first kappa shape index (κ1) is 23.6. The lowest BCUT2D eigenvalue weighted by atomic mass is 9.93. The summed E-state index contributed by atoms with van der Waals surface area (Å²) in [5, 5.41) is 0. The maximum absolute atomic E-state index is 13.1. The van der Waals surface area contributed by atoms with Crippen LogP contribution in [0.25, 0.3) is 16.7 Å². The molecule has 1 fully saturated rings. The topological polar surface area (TPSA) is 12.4 Å². The van der Waals surface area contributed by atoms with Crippen molar-refractivity contribution in [3.05, 3.63) is 101 Å². The number of hydrogen-bond donors (Lipinski definition) is 0. The predicted molar refractivity (Wildman–Crippen MR) is 138 cm³/mol. The van der Waals surface area contributed by atoms with Crippen LogP contribution in [0.4, 0.5) is 13.2 Å². The van der Waals surface area contributed by atoms with Gasteiger partial charge in [-0.05, 0) is 95.5 Å². The number of rotatable bonds is 6. The molecule has 0 heterocycles. The third-order valence-corrected chi connectivity index (χ3v) is 7.42. The van der Waals surface area contributed by atoms with Crippen LogP contribution in [0.3, 0.4) is 0 Å². The van der Waals surface area contributed by atoms with Gasteiger partial charge in [-0.25, -0.2) is 0 Å². The van der Waals surface area contributed by atoms with Crippen molar-refractivity contribution >= 4 is 11.3 Å². The van der Waals surface area contributed by atoms with Crippen molar-refractivity contribution in [3.8, 4) is 11.1 Å². The average molecular weight is 474 g/mol. The minimum atomic E-state index is -4.34. The van der Waals surface area contributed by atoms with Crippen LogP contribution in [0.15, 0.2) is 77.8 Å². The third kappa shape index (κ3) is 5.12. The molecular weight excluding hydrogens is 443 g/mol. The van der Waals surface area contributed by atoms with Gasteiger partial charge in [-0.3, -0.25) is 4.99 Å². The van der Waals surface area contributed by atoms with Gasteiger partial charge in [0.2, 0.25) is 0 Å². The van der Waals surface area contributed by atoms with Crippen LogP contribution in [-0.2, 0) is 12.6 Å². The molecule has 2 unspecified atom stereocenters. The van der Waals surface area contributed by atoms with E-state index in [0.29, 0.717) is 5.56 Å². The molecule has 2 aliphatic rings. The Morgan fingerprint density at radius 2 is 1.77 bits per heavy atom. The lowest BCUT2D eigenvalue weighted by Crippen LogP contribution is -2.04. The maximum atomic E-state index is 13.1. The maximum Gasteiger partial charge on any atom is 0.416 e. The summed E-state index contributed by atoms with van der Waals surface area (Å²) in [6.45, 7) is 4.92. The van der Waals surface area contributed by atoms with E-state index >= 15 is 0 Å². The monoisotopic (exact) mass is 473 g/mol. The number of halogens is 3. The van der Waals surface area contributed by atoms with Crippen LogP contribution in [0.2, 0.25) is 0 Å². The molecule has 0 saturated heterocycles. The van der Waals surface area contributed by atoms with Gasteiger partial charge in [-0.2, -0.15) is 13.2 Å². The summed E-state index contributed by atoms with van der Waals surface area (Å²) in [6, 6.07) is 20.1. The zero-order chi connectivity index (χ0) is 24.6. The third-order valence-electron chi connectivity index (χ3n) is 7.42. The molecule has 0 amide bonds. The highest BCUT2D eigenvalue weighted by atomic mass is 19.4. The molecule has 0 spiro atoms. The van der Waals surface area contributed by atoms with Crippen LogP contribution in [0.5, 0.6) is 0 Å². The van der Waals surface area contributed by atoms with Gasteiger partial charge in [-0.15, -0.1) is 0 Å². The summed E-state index contributed by atoms with van der Waals surface area (Å²) in [6.07, 6.45) is 2.53. The van der Waals surface area contributed by atoms with E-state index in [2.05, 4.69) is 31.2 Å². The van der Waals surface area contributed by atoms with Crippen molar-refractivity contribution < 1.29 is 13.2 Å². The fraction of sp³-hybridized carbons (Fsp3) is 0.323. The molecule has 1 nitrogen and oxygen atoms in total. The molecule has 0 bridgehead atoms. The molecule has 0 radical (unpaired) electrons. The summed E-state index contributed by atoms with van der Waals surface area (Å²) in [7, 11) is 0. The quantitative estimate of drug-likeness (QED) is 0.317. The van der Waals surface area contributed by atoms with Crippen molar-refractivity contribution in [2.24, 2.45) is 10.9 Å². The minimum Gasteiger partial charge on any atom is -0.289 e. The Balaban J connectivity index is 1.28. The summed E-state index contributed by atoms with van der Waals surface area (Å²) in [5.74, 6) is 1.53. The molecule has 1 saturated carbocycles. The van der Waals surface area contributed by atoms with Crippen LogP contribution >= 0.6 is 0 Å². The van der Waals surface area contributed by atoms with Crippen molar-refractivity contribution in [2.45, 2.75) is 51.6 Å². The Morgan fingerprint density at radius 1 is 0.971 bits per heavy atom. The Hall–Kier alpha value is -3.14. The number of aryl methyl sites for hydroxylation is 1. The predicted octanol–water partition coefficient (Wildman–Crippen LogP) is 8.72. The largest absolute Gasteiger partial charge is 0.416 e. The molecule has 0 aliphatic heterocycles. The van der Waals surface area contributed by atoms with E-state index in [-0.39, 0.29) is 0 Å². The van der Waals surface area contributed by atoms with Crippen LogP contribution in [0.1, 0.15) is 66.8 Å². The molecule has 0 N–H and O–H groups in total. The second-order valence-corrected chi connectivity index (χ2v) is 9.72. The molecule has 3 aromatic carbocycles. The fourth-order valence-electron chi connectivity index (χ4n) is 5.17. The highest BCUT2D eigenvalue weighted by Gasteiger charge is 2.40. The first-order valence-corrected chi connectivity index (χ1v) is 12.4. The second-order valence-electron chi connectivity index (χ2n) is 9.72. The van der Waals surface area contributed by atoms with E-state index < -0.39 is 11.7 Å². The first-order valence-electron chi connectivity index (χ1n) is 12.4. The van der Waals surface area contributed by atoms with E-state index in [1.54, 1.807) is 6.07 Å². The highest BCUT2D eigenvalue weighted by molar-refractivity contribution is 5.99. The molecule has 2 atom stereocenters. The van der Waals surface area contributed by atoms with Gasteiger partial charge in [0.25, 0.3) is 0 Å². The van der Waals surface area contributed by atoms with Crippen LogP contribution < -0.4 is 0 Å². The summed E-state index contributed by atoms with van der Waals surface area (Å²) in [4.78, 5) is 4.84. The lowest BCUT2D eigenvalue weighted by molar-refractivity contribution is -0.137. The van der Waals surface area contributed by atoms with Crippen molar-refractivity contribution in [1.82, 2.24) is 0 Å². The molecule has 2 aliphatic carbocycles. The van der Waals surface area contributed by atoms with Gasteiger partial charge >= 0.3 is 6.18 Å². The fourth-order valence-corrected chi connectivity index (χ4v) is 5.17. The number of fused-ring (bicyclic) bond motifs is 3. The van der Waals surface area contributed by atoms with Gasteiger partial charge in [0.1, 0.15) is 0 Å². The van der Waals surface area contributed by atoms with E-state index in [4.69, 9.17) is 4.99 Å². The van der Waals surface area contributed by atoms with Crippen LogP contribution in [-0.4, -0.2) is 12.3 Å². The number of aliphatic imine (C=N–C) groups is 1. The number of allylic oxidation sites excluding steroid dienone is 1. The van der Waals surface area contributed by atoms with E-state index in [1.807, 2.05) is 31.2 Å². The SMILES string of the molecule is CCc1ccc2c(c1)C(CCN=C(C)c1ccc(-c3cccc(C(F)(F)F)c3)cc1)=CCC1CC21. The van der Waals surface area contributed by atoms with E-state index in [9.17, 15) is 13.2 Å². The Morgan fingerprint density at radius 3 is 2.51 bits per heavy atom. The van der Waals surface area contributed by atoms with Gasteiger partial charge in [0, 0.05) is 12.3 Å². The zero-order valence-electron chi connectivity index (χ0n) is 20.2. The molecule has 0 aromatic heterocycles. The first-order chi connectivity index (χ1) is 16.8. The van der Waals surface area contributed by atoms with Gasteiger partial charge in [-0.1, -0.05) is 67.6 Å². The molecule has 4 heteroatoms. The molecule has 35 heavy (non-hydrogen) atoms. The smallest absolute Gasteiger partial charge is 0.289 e. The van der Waals surface area contributed by atoms with Crippen molar-refractivity contribution in [2.75, 3.05) is 6.54 Å². The number of alkyl halides is 3. The summed E-state index contributed by atoms with van der Waals surface area (Å²) in [5.41, 5.74) is 8.37. The van der Waals surface area contributed by atoms with Gasteiger partial charge < -0.3 is 0 Å². The molecular formula is C31H30F3N. The standard InChI is InChI=1S/C31H30F3N/c1-3-21-7-14-28-29(17-21)24(12-13-26-19-30(26)28)15-16-35-20(2)22-8-10-23(11-9-22)25-5-4-6-27(18-25)31(32,33)34/h4-12,14,17-18,26,30H,3,13,15-16,19H2,1-2H3. The Kier molecular flexibility index (Phi) is 6.39. The normalized spacial score (nSPS) is 19.5. The highest BCUT2D eigenvalue weighted by Crippen LogP contribution is 2.54. The Labute approximate surface area is 205 Å². The molecule has 180 valence electrons. The van der Waals surface area contributed by atoms with Crippen LogP contribution in [0, 0.1) is 5.92 Å². The van der Waals surface area contributed by atoms with E-state index in [0.717, 1.165) is 60.5 Å². The van der Waals surface area contributed by atoms with Gasteiger partial charge in [0.05, 0.1) is 5.56 Å². The number of benzene rings is 3. The number of hydrogen-bond acceptors (Lipinski definition) is 1. The molecule has 3 aromatic rings. The van der Waals surface area contributed by atoms with E-state index in [1.165, 1.54) is 40.8 Å². The zero-order valence-corrected chi connectivity index (χ0v) is 20.2. The minimum absolute atomic E-state index is 0.560.